The van der Waals surface area contributed by atoms with Gasteiger partial charge in [0.05, 0.1) is 6.61 Å². The summed E-state index contributed by atoms with van der Waals surface area (Å²) in [6.07, 6.45) is 0.694. The molecule has 0 radical (unpaired) electrons. The molecule has 0 saturated heterocycles. The first-order valence-corrected chi connectivity index (χ1v) is 5.68. The second-order valence-electron chi connectivity index (χ2n) is 3.85. The number of anilines is 2. The summed E-state index contributed by atoms with van der Waals surface area (Å²) in [7, 11) is 1.63. The average molecular weight is 262 g/mol. The van der Waals surface area contributed by atoms with Crippen LogP contribution >= 0.6 is 0 Å². The summed E-state index contributed by atoms with van der Waals surface area (Å²) in [5.41, 5.74) is 7.09. The predicted molar refractivity (Wildman–Crippen MR) is 68.7 cm³/mol. The van der Waals surface area contributed by atoms with Crippen molar-refractivity contribution in [3.05, 3.63) is 35.5 Å². The van der Waals surface area contributed by atoms with E-state index < -0.39 is 5.91 Å². The van der Waals surface area contributed by atoms with E-state index in [1.54, 1.807) is 13.2 Å². The Morgan fingerprint density at radius 1 is 1.42 bits per heavy atom. The van der Waals surface area contributed by atoms with Crippen LogP contribution in [0.2, 0.25) is 0 Å². The van der Waals surface area contributed by atoms with Crippen molar-refractivity contribution in [3.8, 4) is 0 Å². The molecule has 100 valence electrons. The number of hydrogen-bond acceptors (Lipinski definition) is 6. The van der Waals surface area contributed by atoms with E-state index in [1.165, 1.54) is 0 Å². The number of methoxy groups -OCH3 is 1. The molecule has 7 nitrogen and oxygen atoms in total. The summed E-state index contributed by atoms with van der Waals surface area (Å²) in [4.78, 5) is 11.9. The lowest BCUT2D eigenvalue weighted by Crippen LogP contribution is -2.15. The Kier molecular flexibility index (Phi) is 4.09. The number of nitrogens with one attached hydrogen (secondary N) is 1. The molecular weight excluding hydrogens is 248 g/mol. The third kappa shape index (κ3) is 3.08. The van der Waals surface area contributed by atoms with Gasteiger partial charge in [-0.15, -0.1) is 0 Å². The van der Waals surface area contributed by atoms with E-state index in [-0.39, 0.29) is 11.5 Å². The first kappa shape index (κ1) is 13.0. The molecule has 0 bridgehead atoms. The summed E-state index contributed by atoms with van der Waals surface area (Å²) in [6.45, 7) is 0.570. The molecule has 0 atom stereocenters. The number of rotatable bonds is 5. The molecule has 0 spiro atoms. The minimum absolute atomic E-state index is 0.0263. The van der Waals surface area contributed by atoms with Gasteiger partial charge in [-0.25, -0.2) is 4.63 Å². The average Bonchev–Trinajstić information content (AvgIpc) is 2.84. The number of carbonyl (C=O) groups excluding carboxylic acids is 1. The van der Waals surface area contributed by atoms with Crippen molar-refractivity contribution in [3.63, 3.8) is 0 Å². The van der Waals surface area contributed by atoms with Gasteiger partial charge in [0, 0.05) is 12.8 Å². The molecule has 3 N–H and O–H groups in total. The lowest BCUT2D eigenvalue weighted by atomic mass is 10.1. The van der Waals surface area contributed by atoms with E-state index in [0.717, 1.165) is 5.56 Å². The molecule has 0 saturated carbocycles. The Bertz CT molecular complexity index is 568. The Labute approximate surface area is 109 Å². The second-order valence-corrected chi connectivity index (χ2v) is 3.85. The molecule has 2 aromatic rings. The number of hydrogen-bond donors (Lipinski definition) is 2. The molecular formula is C12H14N4O3. The van der Waals surface area contributed by atoms with Crippen LogP contribution in [0.25, 0.3) is 0 Å². The maximum atomic E-state index is 11.9. The molecule has 1 aromatic heterocycles. The number of aromatic nitrogens is 2. The van der Waals surface area contributed by atoms with E-state index >= 15 is 0 Å². The molecule has 0 aliphatic rings. The van der Waals surface area contributed by atoms with Crippen molar-refractivity contribution >= 4 is 17.4 Å². The van der Waals surface area contributed by atoms with Gasteiger partial charge < -0.3 is 15.8 Å². The quantitative estimate of drug-likeness (QED) is 0.836. The van der Waals surface area contributed by atoms with Crippen molar-refractivity contribution in [1.82, 2.24) is 10.3 Å². The summed E-state index contributed by atoms with van der Waals surface area (Å²) in [5, 5.41) is 9.54. The van der Waals surface area contributed by atoms with E-state index in [0.29, 0.717) is 18.7 Å². The number of benzene rings is 1. The van der Waals surface area contributed by atoms with Gasteiger partial charge >= 0.3 is 0 Å². The van der Waals surface area contributed by atoms with E-state index in [9.17, 15) is 4.79 Å². The van der Waals surface area contributed by atoms with Crippen LogP contribution in [0.3, 0.4) is 0 Å². The van der Waals surface area contributed by atoms with Crippen molar-refractivity contribution < 1.29 is 14.2 Å². The van der Waals surface area contributed by atoms with Gasteiger partial charge in [-0.1, -0.05) is 18.2 Å². The van der Waals surface area contributed by atoms with Gasteiger partial charge in [-0.05, 0) is 28.4 Å². The van der Waals surface area contributed by atoms with Crippen LogP contribution < -0.4 is 11.1 Å². The number of nitrogens with two attached hydrogens (primary N) is 1. The third-order valence-electron chi connectivity index (χ3n) is 2.57. The molecule has 0 fully saturated rings. The second kappa shape index (κ2) is 5.96. The van der Waals surface area contributed by atoms with Gasteiger partial charge in [0.15, 0.2) is 0 Å². The van der Waals surface area contributed by atoms with Gasteiger partial charge in [0.2, 0.25) is 11.5 Å². The molecule has 1 amide bonds. The molecule has 0 aliphatic carbocycles. The molecule has 0 unspecified atom stereocenters. The van der Waals surface area contributed by atoms with Crippen LogP contribution in [-0.4, -0.2) is 29.9 Å². The van der Waals surface area contributed by atoms with Crippen LogP contribution in [-0.2, 0) is 11.2 Å². The van der Waals surface area contributed by atoms with Crippen molar-refractivity contribution in [1.29, 1.82) is 0 Å². The highest BCUT2D eigenvalue weighted by Gasteiger charge is 2.16. The Morgan fingerprint density at radius 3 is 2.89 bits per heavy atom. The molecule has 1 heterocycles. The standard InChI is InChI=1S/C12H14N4O3/c1-18-7-6-8-4-2-3-5-9(8)14-12(17)10-11(13)16-19-15-10/h2-5H,6-7H2,1H3,(H2,13,16)(H,14,17). The van der Waals surface area contributed by atoms with Crippen LogP contribution in [0.15, 0.2) is 28.9 Å². The fourth-order valence-electron chi connectivity index (χ4n) is 1.61. The molecule has 7 heteroatoms. The minimum atomic E-state index is -0.455. The first-order valence-electron chi connectivity index (χ1n) is 5.68. The highest BCUT2D eigenvalue weighted by Crippen LogP contribution is 2.17. The Hall–Kier alpha value is -2.41. The molecule has 0 aliphatic heterocycles. The minimum Gasteiger partial charge on any atom is -0.384 e. The van der Waals surface area contributed by atoms with Crippen LogP contribution in [0.1, 0.15) is 16.1 Å². The number of carbonyl (C=O) groups is 1. The van der Waals surface area contributed by atoms with Gasteiger partial charge in [0.25, 0.3) is 5.91 Å². The van der Waals surface area contributed by atoms with Crippen LogP contribution in [0, 0.1) is 0 Å². The molecule has 1 aromatic carbocycles. The highest BCUT2D eigenvalue weighted by atomic mass is 16.6. The van der Waals surface area contributed by atoms with Crippen LogP contribution in [0.5, 0.6) is 0 Å². The lowest BCUT2D eigenvalue weighted by molar-refractivity contribution is 0.101. The van der Waals surface area contributed by atoms with Gasteiger partial charge in [-0.3, -0.25) is 4.79 Å². The normalized spacial score (nSPS) is 10.4. The zero-order valence-electron chi connectivity index (χ0n) is 10.4. The summed E-state index contributed by atoms with van der Waals surface area (Å²) < 4.78 is 9.42. The van der Waals surface area contributed by atoms with Gasteiger partial charge in [0.1, 0.15) is 0 Å². The number of nitrogens with zero attached hydrogens (tertiary/aromatic N) is 2. The van der Waals surface area contributed by atoms with Crippen molar-refractivity contribution in [2.45, 2.75) is 6.42 Å². The highest BCUT2D eigenvalue weighted by molar-refractivity contribution is 6.05. The monoisotopic (exact) mass is 262 g/mol. The summed E-state index contributed by atoms with van der Waals surface area (Å²) in [5.74, 6) is -0.490. The van der Waals surface area contributed by atoms with E-state index in [4.69, 9.17) is 10.5 Å². The predicted octanol–water partition coefficient (Wildman–Crippen LogP) is 1.09. The number of nitrogen functional groups attached to an aromatic ring is 1. The van der Waals surface area contributed by atoms with E-state index in [1.807, 2.05) is 18.2 Å². The topological polar surface area (TPSA) is 103 Å². The zero-order valence-corrected chi connectivity index (χ0v) is 10.4. The maximum absolute atomic E-state index is 11.9. The number of amides is 1. The van der Waals surface area contributed by atoms with E-state index in [2.05, 4.69) is 20.3 Å². The smallest absolute Gasteiger partial charge is 0.281 e. The van der Waals surface area contributed by atoms with Crippen molar-refractivity contribution in [2.24, 2.45) is 0 Å². The summed E-state index contributed by atoms with van der Waals surface area (Å²) in [6, 6.07) is 7.44. The Balaban J connectivity index is 2.15. The third-order valence-corrected chi connectivity index (χ3v) is 2.57. The fourth-order valence-corrected chi connectivity index (χ4v) is 1.61. The Morgan fingerprint density at radius 2 is 2.21 bits per heavy atom. The number of para-hydroxylation sites is 1. The molecule has 2 rings (SSSR count). The number of ether oxygens (including phenoxy) is 1. The van der Waals surface area contributed by atoms with Gasteiger partial charge in [-0.2, -0.15) is 0 Å². The first-order chi connectivity index (χ1) is 9.22. The SMILES string of the molecule is COCCc1ccccc1NC(=O)c1nonc1N. The summed E-state index contributed by atoms with van der Waals surface area (Å²) >= 11 is 0. The maximum Gasteiger partial charge on any atom is 0.281 e. The molecule has 19 heavy (non-hydrogen) atoms. The van der Waals surface area contributed by atoms with Crippen molar-refractivity contribution in [2.75, 3.05) is 24.8 Å². The fraction of sp³-hybridized carbons (Fsp3) is 0.250. The largest absolute Gasteiger partial charge is 0.384 e. The van der Waals surface area contributed by atoms with Crippen LogP contribution in [0.4, 0.5) is 11.5 Å². The zero-order chi connectivity index (χ0) is 13.7. The lowest BCUT2D eigenvalue weighted by Gasteiger charge is -2.09.